The van der Waals surface area contributed by atoms with Crippen molar-refractivity contribution in [3.05, 3.63) is 48.0 Å². The Bertz CT molecular complexity index is 1300. The zero-order valence-corrected chi connectivity index (χ0v) is 22.1. The van der Waals surface area contributed by atoms with Gasteiger partial charge >= 0.3 is 11.9 Å². The predicted molar refractivity (Wildman–Crippen MR) is 137 cm³/mol. The lowest BCUT2D eigenvalue weighted by atomic mass is 9.97. The van der Waals surface area contributed by atoms with Crippen LogP contribution in [0.4, 0.5) is 10.2 Å². The summed E-state index contributed by atoms with van der Waals surface area (Å²) >= 11 is 0. The van der Waals surface area contributed by atoms with E-state index in [1.807, 2.05) is 18.2 Å². The molecule has 2 aromatic heterocycles. The van der Waals surface area contributed by atoms with Crippen LogP contribution >= 0.6 is 0 Å². The maximum Gasteiger partial charge on any atom is 0.323 e. The average Bonchev–Trinajstić information content (AvgIpc) is 3.40. The molecule has 0 unspecified atom stereocenters. The fourth-order valence-electron chi connectivity index (χ4n) is 4.37. The molecule has 0 aliphatic carbocycles. The molecule has 1 fully saturated rings. The highest BCUT2D eigenvalue weighted by atomic mass is 19.1. The minimum atomic E-state index is -2.25. The van der Waals surface area contributed by atoms with Crippen LogP contribution in [-0.4, -0.2) is 69.0 Å². The number of hydrogen-bond donors (Lipinski definition) is 2. The number of hydrogen-bond acceptors (Lipinski definition) is 10. The Morgan fingerprint density at radius 3 is 2.63 bits per heavy atom. The monoisotopic (exact) mass is 528 g/mol. The standard InChI is InChI=1S/C26H33FN6O5/c1-14(2)19(28)24(35)38-21-17(12-36-18(34)11-16-9-7-6-8-10-16)37-25(26(21,4)27)33-13-30-20-22(29-5)31-15(3)32-23(20)33/h6-10,13-14,17,19,21,25H,11-12,28H2,1-5H3,(H,29,31,32)/t17-,19+,21-,25-,26-/m1/s1. The molecular formula is C26H33FN6O5. The van der Waals surface area contributed by atoms with E-state index >= 15 is 4.39 Å². The van der Waals surface area contributed by atoms with Gasteiger partial charge in [0, 0.05) is 7.05 Å². The van der Waals surface area contributed by atoms with Gasteiger partial charge in [-0.15, -0.1) is 0 Å². The SMILES string of the molecule is CNc1nc(C)nc2c1ncn2[C@@H]1O[C@H](COC(=O)Cc2ccccc2)[C@@H](OC(=O)[C@@H](N)C(C)C)[C@@]1(C)F. The Hall–Kier alpha value is -3.64. The number of alkyl halides is 1. The highest BCUT2D eigenvalue weighted by molar-refractivity contribution is 5.83. The first-order chi connectivity index (χ1) is 18.0. The predicted octanol–water partition coefficient (Wildman–Crippen LogP) is 2.48. The molecule has 3 heterocycles. The lowest BCUT2D eigenvalue weighted by molar-refractivity contribution is -0.163. The summed E-state index contributed by atoms with van der Waals surface area (Å²) < 4.78 is 35.1. The summed E-state index contributed by atoms with van der Waals surface area (Å²) in [5.41, 5.74) is 5.24. The van der Waals surface area contributed by atoms with Gasteiger partial charge in [0.1, 0.15) is 24.6 Å². The highest BCUT2D eigenvalue weighted by Gasteiger charge is 2.59. The van der Waals surface area contributed by atoms with Gasteiger partial charge in [-0.1, -0.05) is 44.2 Å². The van der Waals surface area contributed by atoms with Gasteiger partial charge < -0.3 is 25.3 Å². The Morgan fingerprint density at radius 1 is 1.26 bits per heavy atom. The zero-order valence-electron chi connectivity index (χ0n) is 22.1. The molecule has 5 atom stereocenters. The number of imidazole rings is 1. The van der Waals surface area contributed by atoms with Crippen molar-refractivity contribution in [1.82, 2.24) is 19.5 Å². The fourth-order valence-corrected chi connectivity index (χ4v) is 4.37. The number of anilines is 1. The number of aryl methyl sites for hydroxylation is 1. The third-order valence-corrected chi connectivity index (χ3v) is 6.54. The van der Waals surface area contributed by atoms with Crippen LogP contribution in [-0.2, 0) is 30.2 Å². The molecule has 38 heavy (non-hydrogen) atoms. The largest absolute Gasteiger partial charge is 0.463 e. The molecule has 204 valence electrons. The van der Waals surface area contributed by atoms with E-state index in [2.05, 4.69) is 20.3 Å². The van der Waals surface area contributed by atoms with Crippen molar-refractivity contribution in [1.29, 1.82) is 0 Å². The Labute approximate surface area is 219 Å². The van der Waals surface area contributed by atoms with Crippen LogP contribution in [0.1, 0.15) is 38.4 Å². The van der Waals surface area contributed by atoms with Crippen molar-refractivity contribution >= 4 is 28.9 Å². The van der Waals surface area contributed by atoms with Crippen molar-refractivity contribution < 1.29 is 28.2 Å². The summed E-state index contributed by atoms with van der Waals surface area (Å²) in [7, 11) is 1.69. The molecule has 0 radical (unpaired) electrons. The quantitative estimate of drug-likeness (QED) is 0.398. The van der Waals surface area contributed by atoms with Crippen molar-refractivity contribution in [3.63, 3.8) is 0 Å². The van der Waals surface area contributed by atoms with E-state index < -0.39 is 42.1 Å². The van der Waals surface area contributed by atoms with Gasteiger partial charge in [-0.25, -0.2) is 19.3 Å². The van der Waals surface area contributed by atoms with Crippen molar-refractivity contribution in [3.8, 4) is 0 Å². The molecular weight excluding hydrogens is 495 g/mol. The number of fused-ring (bicyclic) bond motifs is 1. The van der Waals surface area contributed by atoms with E-state index in [9.17, 15) is 9.59 Å². The van der Waals surface area contributed by atoms with Gasteiger partial charge in [0.2, 0.25) is 0 Å². The van der Waals surface area contributed by atoms with E-state index in [4.69, 9.17) is 19.9 Å². The van der Waals surface area contributed by atoms with Gasteiger partial charge in [-0.3, -0.25) is 14.2 Å². The second-order valence-electron chi connectivity index (χ2n) is 9.84. The van der Waals surface area contributed by atoms with E-state index in [0.29, 0.717) is 22.8 Å². The second kappa shape index (κ2) is 11.0. The summed E-state index contributed by atoms with van der Waals surface area (Å²) in [5, 5.41) is 2.95. The van der Waals surface area contributed by atoms with Crippen LogP contribution in [0.3, 0.4) is 0 Å². The first-order valence-corrected chi connectivity index (χ1v) is 12.4. The first kappa shape index (κ1) is 27.4. The Balaban J connectivity index is 1.62. The zero-order chi connectivity index (χ0) is 27.6. The van der Waals surface area contributed by atoms with Gasteiger partial charge in [0.05, 0.1) is 12.7 Å². The van der Waals surface area contributed by atoms with E-state index in [-0.39, 0.29) is 18.9 Å². The summed E-state index contributed by atoms with van der Waals surface area (Å²) in [5.74, 6) is -0.611. The lowest BCUT2D eigenvalue weighted by Crippen LogP contribution is -2.48. The summed E-state index contributed by atoms with van der Waals surface area (Å²) in [6.45, 7) is 6.15. The van der Waals surface area contributed by atoms with Gasteiger partial charge in [0.25, 0.3) is 0 Å². The number of nitrogens with zero attached hydrogens (tertiary/aromatic N) is 4. The molecule has 1 saturated heterocycles. The van der Waals surface area contributed by atoms with Crippen molar-refractivity contribution in [2.24, 2.45) is 11.7 Å². The lowest BCUT2D eigenvalue weighted by Gasteiger charge is -2.29. The summed E-state index contributed by atoms with van der Waals surface area (Å²) in [4.78, 5) is 38.4. The van der Waals surface area contributed by atoms with Crippen LogP contribution in [0, 0.1) is 12.8 Å². The minimum absolute atomic E-state index is 0.0295. The minimum Gasteiger partial charge on any atom is -0.463 e. The van der Waals surface area contributed by atoms with Gasteiger partial charge in [-0.05, 0) is 25.3 Å². The molecule has 0 spiro atoms. The molecule has 11 nitrogen and oxygen atoms in total. The fraction of sp³-hybridized carbons (Fsp3) is 0.500. The number of ether oxygens (including phenoxy) is 3. The topological polar surface area (TPSA) is 143 Å². The third kappa shape index (κ3) is 5.46. The molecule has 3 N–H and O–H groups in total. The average molecular weight is 529 g/mol. The second-order valence-corrected chi connectivity index (χ2v) is 9.84. The highest BCUT2D eigenvalue weighted by Crippen LogP contribution is 2.44. The maximum atomic E-state index is 16.6. The van der Waals surface area contributed by atoms with Gasteiger partial charge in [0.15, 0.2) is 35.0 Å². The number of rotatable bonds is 9. The third-order valence-electron chi connectivity index (χ3n) is 6.54. The van der Waals surface area contributed by atoms with Gasteiger partial charge in [-0.2, -0.15) is 0 Å². The number of carbonyl (C=O) groups is 2. The molecule has 12 heteroatoms. The molecule has 1 aliphatic rings. The molecule has 0 saturated carbocycles. The summed E-state index contributed by atoms with van der Waals surface area (Å²) in [6.07, 6.45) is -2.40. The van der Waals surface area contributed by atoms with Crippen molar-refractivity contribution in [2.45, 2.75) is 64.3 Å². The first-order valence-electron chi connectivity index (χ1n) is 12.4. The number of esters is 2. The van der Waals surface area contributed by atoms with Crippen LogP contribution in [0.25, 0.3) is 11.2 Å². The summed E-state index contributed by atoms with van der Waals surface area (Å²) in [6, 6.07) is 8.11. The number of nitrogens with one attached hydrogen (secondary N) is 1. The number of benzene rings is 1. The van der Waals surface area contributed by atoms with E-state index in [0.717, 1.165) is 5.56 Å². The van der Waals surface area contributed by atoms with Crippen molar-refractivity contribution in [2.75, 3.05) is 19.0 Å². The molecule has 0 bridgehead atoms. The van der Waals surface area contributed by atoms with Crippen LogP contribution < -0.4 is 11.1 Å². The molecule has 1 aliphatic heterocycles. The van der Waals surface area contributed by atoms with Crippen LogP contribution in [0.5, 0.6) is 0 Å². The normalized spacial score (nSPS) is 23.9. The van der Waals surface area contributed by atoms with Crippen LogP contribution in [0.2, 0.25) is 0 Å². The molecule has 1 aromatic carbocycles. The van der Waals surface area contributed by atoms with E-state index in [1.165, 1.54) is 17.8 Å². The number of carbonyl (C=O) groups excluding carboxylic acids is 2. The number of nitrogens with two attached hydrogens (primary N) is 1. The number of aromatic nitrogens is 4. The molecule has 0 amide bonds. The smallest absolute Gasteiger partial charge is 0.323 e. The molecule has 4 rings (SSSR count). The van der Waals surface area contributed by atoms with E-state index in [1.54, 1.807) is 40.0 Å². The number of halogens is 1. The Kier molecular flexibility index (Phi) is 7.93. The maximum absolute atomic E-state index is 16.6. The molecule has 3 aromatic rings. The van der Waals surface area contributed by atoms with Crippen LogP contribution in [0.15, 0.2) is 36.7 Å². The Morgan fingerprint density at radius 2 is 1.97 bits per heavy atom.